The molecule has 0 amide bonds. The summed E-state index contributed by atoms with van der Waals surface area (Å²) in [5.41, 5.74) is 18.9. The average molecular weight is 2100 g/mol. The summed E-state index contributed by atoms with van der Waals surface area (Å²) < 4.78 is 9.98. The van der Waals surface area contributed by atoms with E-state index in [2.05, 4.69) is 274 Å². The van der Waals surface area contributed by atoms with Gasteiger partial charge >= 0.3 is 0 Å². The van der Waals surface area contributed by atoms with Crippen LogP contribution in [0.4, 0.5) is 110 Å². The van der Waals surface area contributed by atoms with Gasteiger partial charge in [0.05, 0.1) is 46.2 Å². The molecule has 4 saturated heterocycles. The molecule has 4 saturated carbocycles. The van der Waals surface area contributed by atoms with Gasteiger partial charge in [-0.2, -0.15) is 19.9 Å². The van der Waals surface area contributed by atoms with E-state index in [1.54, 1.807) is 30.6 Å². The number of nitrogens with zero attached hydrogens (tertiary/aromatic N) is 23. The maximum Gasteiger partial charge on any atom is 0.229 e. The number of fused-ring (bicyclic) bond motifs is 4. The number of aromatic nitrogens is 16. The van der Waals surface area contributed by atoms with Crippen LogP contribution in [0.25, 0.3) is 44.7 Å². The van der Waals surface area contributed by atoms with Crippen LogP contribution in [0.2, 0.25) is 20.1 Å². The molecule has 8 N–H and O–H groups in total. The molecule has 8 fully saturated rings. The number of piperazine rings is 3. The van der Waals surface area contributed by atoms with Gasteiger partial charge in [0.2, 0.25) is 47.6 Å². The van der Waals surface area contributed by atoms with Crippen molar-refractivity contribution in [3.8, 4) is 0 Å². The highest BCUT2D eigenvalue weighted by atomic mass is 79.9. The van der Waals surface area contributed by atoms with Crippen molar-refractivity contribution in [3.63, 3.8) is 0 Å². The van der Waals surface area contributed by atoms with Crippen LogP contribution in [0.3, 0.4) is 0 Å². The summed E-state index contributed by atoms with van der Waals surface area (Å²) in [7, 11) is 6.52. The van der Waals surface area contributed by atoms with Gasteiger partial charge in [0.25, 0.3) is 0 Å². The zero-order valence-electron chi connectivity index (χ0n) is 83.1. The van der Waals surface area contributed by atoms with Crippen LogP contribution in [0.1, 0.15) is 152 Å². The molecular formula is C110H126BrCl4N31. The first-order chi connectivity index (χ1) is 71.4. The van der Waals surface area contributed by atoms with E-state index in [9.17, 15) is 0 Å². The Hall–Kier alpha value is -12.8. The van der Waals surface area contributed by atoms with Crippen molar-refractivity contribution in [1.29, 1.82) is 0 Å². The Kier molecular flexibility index (Phi) is 31.3. The molecule has 8 aromatic carbocycles. The van der Waals surface area contributed by atoms with Crippen molar-refractivity contribution < 1.29 is 0 Å². The lowest BCUT2D eigenvalue weighted by atomic mass is 9.99. The first-order valence-corrected chi connectivity index (χ1v) is 54.0. The molecule has 4 aliphatic heterocycles. The van der Waals surface area contributed by atoms with E-state index in [1.165, 1.54) is 99.9 Å². The molecule has 0 atom stereocenters. The Bertz CT molecular complexity index is 7100. The van der Waals surface area contributed by atoms with Crippen molar-refractivity contribution in [2.45, 2.75) is 153 Å². The van der Waals surface area contributed by atoms with Crippen LogP contribution in [0.15, 0.2) is 217 Å². The van der Waals surface area contributed by atoms with Crippen molar-refractivity contribution in [1.82, 2.24) is 97.7 Å². The van der Waals surface area contributed by atoms with Crippen molar-refractivity contribution >= 4 is 217 Å². The third kappa shape index (κ3) is 24.2. The molecule has 36 heteroatoms. The van der Waals surface area contributed by atoms with E-state index in [1.807, 2.05) is 67.0 Å². The minimum atomic E-state index is 0.316. The second-order valence-corrected chi connectivity index (χ2v) is 42.5. The molecule has 8 aliphatic rings. The van der Waals surface area contributed by atoms with Crippen LogP contribution in [-0.2, 0) is 6.54 Å². The number of imidazole rings is 4. The minimum Gasteiger partial charge on any atom is -0.369 e. The van der Waals surface area contributed by atoms with E-state index in [4.69, 9.17) is 86.3 Å². The quantitative estimate of drug-likeness (QED) is 0.0264. The van der Waals surface area contributed by atoms with Crippen molar-refractivity contribution in [2.75, 3.05) is 170 Å². The number of piperidine rings is 1. The van der Waals surface area contributed by atoms with Crippen LogP contribution in [0.5, 0.6) is 0 Å². The number of benzene rings is 8. The van der Waals surface area contributed by atoms with Gasteiger partial charge < -0.3 is 71.9 Å². The van der Waals surface area contributed by atoms with Gasteiger partial charge in [-0.15, -0.1) is 0 Å². The molecule has 0 radical (unpaired) electrons. The second-order valence-electron chi connectivity index (χ2n) is 39.9. The Labute approximate surface area is 880 Å². The highest BCUT2D eigenvalue weighted by Gasteiger charge is 2.32. The Morgan fingerprint density at radius 3 is 0.993 bits per heavy atom. The molecular weight excluding hydrogens is 1980 g/mol. The van der Waals surface area contributed by atoms with Crippen LogP contribution >= 0.6 is 62.3 Å². The predicted molar refractivity (Wildman–Crippen MR) is 600 cm³/mol. The van der Waals surface area contributed by atoms with E-state index in [0.717, 1.165) is 249 Å². The van der Waals surface area contributed by atoms with Crippen molar-refractivity contribution in [3.05, 3.63) is 243 Å². The van der Waals surface area contributed by atoms with Crippen LogP contribution in [-0.4, -0.2) is 210 Å². The number of hydrogen-bond acceptors (Lipinski definition) is 27. The average Bonchev–Trinajstić information content (AvgIpc) is 1.63. The third-order valence-electron chi connectivity index (χ3n) is 29.4. The lowest BCUT2D eigenvalue weighted by Crippen LogP contribution is -2.44. The number of nitrogens with one attached hydrogen (secondary N) is 8. The summed E-state index contributed by atoms with van der Waals surface area (Å²) in [5.74, 6) is 6.22. The fourth-order valence-corrected chi connectivity index (χ4v) is 22.3. The summed E-state index contributed by atoms with van der Waals surface area (Å²) in [6.45, 7) is 18.6. The molecule has 12 heterocycles. The monoisotopic (exact) mass is 2100 g/mol. The van der Waals surface area contributed by atoms with E-state index >= 15 is 0 Å². The summed E-state index contributed by atoms with van der Waals surface area (Å²) in [6.07, 6.45) is 28.5. The topological polar surface area (TPSA) is 293 Å². The second kappa shape index (κ2) is 46.1. The van der Waals surface area contributed by atoms with Gasteiger partial charge in [0.1, 0.15) is 22.1 Å². The van der Waals surface area contributed by atoms with E-state index in [0.29, 0.717) is 79.9 Å². The standard InChI is InChI=1S/C29H35N7.C27H31BrN8.2C27H30Cl2N8/c1-21-15-17-35(18-16-21)20-22-11-13-24(14-12-22)31-28-30-19-26-27(34-28)36(25-9-5-6-10-25)29(33-26)32-23-7-3-2-4-8-23;1-34-13-15-35(16-14-34)22-11-9-20(10-12-22)30-26-29-18-24-25(33-26)36(23-7-2-3-8-23)27(32-24)31-21-6-4-5-19(28)17-21;1-35-12-14-36(15-13-35)20-9-7-19(8-10-20)31-26-30-17-24-25(34-26)37(21-4-2-3-5-21)27(33-24)32-23-11-6-18(28)16-22(23)29;1-35-12-14-36(15-13-35)20-9-7-19(8-10-20)31-26-30-17-24-25(34-26)37(21-4-2-3-5-21)27(33-24)32-23-16-18(28)6-11-22(23)29/h2-4,7-8,11-14,19,21,25H,5-6,9-10,15-18,20H2,1H3,(H,32,33)(H,30,31,34);4-6,9-12,17-18,23H,2-3,7-8,13-16H2,1H3,(H,31,32)(H,29,30,33);2*6-11,16-17,21H,2-5,12-15H2,1H3,(H,32,33)(H,30,31,34). The Morgan fingerprint density at radius 2 is 0.623 bits per heavy atom. The van der Waals surface area contributed by atoms with Gasteiger partial charge in [-0.05, 0) is 262 Å². The molecule has 146 heavy (non-hydrogen) atoms. The lowest BCUT2D eigenvalue weighted by Gasteiger charge is -2.34. The third-order valence-corrected chi connectivity index (χ3v) is 31.0. The molecule has 0 unspecified atom stereocenters. The summed E-state index contributed by atoms with van der Waals surface area (Å²) in [5, 5.41) is 29.7. The molecule has 31 nitrogen and oxygen atoms in total. The fourth-order valence-electron chi connectivity index (χ4n) is 21.1. The fraction of sp³-hybridized carbons (Fsp3) is 0.382. The smallest absolute Gasteiger partial charge is 0.229 e. The van der Waals surface area contributed by atoms with Gasteiger partial charge in [-0.1, -0.05) is 157 Å². The van der Waals surface area contributed by atoms with Gasteiger partial charge in [-0.25, -0.2) is 39.9 Å². The predicted octanol–water partition coefficient (Wildman–Crippen LogP) is 25.6. The maximum atomic E-state index is 6.45. The number of likely N-dealkylation sites (tertiary alicyclic amines) is 1. The zero-order chi connectivity index (χ0) is 99.5. The lowest BCUT2D eigenvalue weighted by molar-refractivity contribution is 0.185. The van der Waals surface area contributed by atoms with Gasteiger partial charge in [0, 0.05) is 175 Å². The Balaban J connectivity index is 0.000000114. The van der Waals surface area contributed by atoms with E-state index < -0.39 is 0 Å². The largest absolute Gasteiger partial charge is 0.369 e. The Morgan fingerprint density at radius 1 is 0.295 bits per heavy atom. The number of likely N-dealkylation sites (N-methyl/N-ethyl adjacent to an activating group) is 3. The van der Waals surface area contributed by atoms with Gasteiger partial charge in [0.15, 0.2) is 22.6 Å². The first-order valence-electron chi connectivity index (χ1n) is 51.7. The summed E-state index contributed by atoms with van der Waals surface area (Å²) in [4.78, 5) is 74.3. The number of anilines is 19. The van der Waals surface area contributed by atoms with Crippen LogP contribution < -0.4 is 57.2 Å². The van der Waals surface area contributed by atoms with Crippen molar-refractivity contribution in [2.24, 2.45) is 5.92 Å². The SMILES string of the molecule is CC1CCN(Cc2ccc(Nc3ncc4nc(Nc5ccccc5)n(C5CCCC5)c4n3)cc2)CC1.CN1CCN(c2ccc(Nc3ncc4nc(Nc5cc(Cl)ccc5Cl)n(C5CCCC5)c4n3)cc2)CC1.CN1CCN(c2ccc(Nc3ncc4nc(Nc5ccc(Cl)cc5Cl)n(C5CCCC5)c4n3)cc2)CC1.CN1CCN(c2ccc(Nc3ncc4nc(Nc5cccc(Br)c5)n(C5CCCC5)c4n3)cc2)CC1. The summed E-state index contributed by atoms with van der Waals surface area (Å²) >= 11 is 28.8. The molecule has 8 aromatic heterocycles. The molecule has 16 aromatic rings. The number of hydrogen-bond donors (Lipinski definition) is 8. The molecule has 0 spiro atoms. The highest BCUT2D eigenvalue weighted by molar-refractivity contribution is 9.10. The molecule has 24 rings (SSSR count). The van der Waals surface area contributed by atoms with Crippen LogP contribution in [0, 0.1) is 5.92 Å². The zero-order valence-corrected chi connectivity index (χ0v) is 87.7. The molecule has 4 aliphatic carbocycles. The summed E-state index contributed by atoms with van der Waals surface area (Å²) in [6, 6.07) is 64.8. The van der Waals surface area contributed by atoms with Gasteiger partial charge in [-0.3, -0.25) is 23.2 Å². The number of para-hydroxylation sites is 1. The number of halogens is 5. The minimum absolute atomic E-state index is 0.316. The highest BCUT2D eigenvalue weighted by Crippen LogP contribution is 2.44. The normalized spacial score (nSPS) is 17.2. The first kappa shape index (κ1) is 99.2. The number of rotatable bonds is 25. The molecule has 0 bridgehead atoms. The molecule has 756 valence electrons. The maximum absolute atomic E-state index is 6.45. The van der Waals surface area contributed by atoms with E-state index in [-0.39, 0.29) is 0 Å².